The van der Waals surface area contributed by atoms with Crippen molar-refractivity contribution in [1.29, 1.82) is 0 Å². The van der Waals surface area contributed by atoms with E-state index < -0.39 is 0 Å². The highest BCUT2D eigenvalue weighted by molar-refractivity contribution is 9.10. The second-order valence-corrected chi connectivity index (χ2v) is 8.09. The highest BCUT2D eigenvalue weighted by Gasteiger charge is 2.26. The first-order chi connectivity index (χ1) is 15.5. The summed E-state index contributed by atoms with van der Waals surface area (Å²) in [5.74, 6) is -0.307. The number of ether oxygens (including phenoxy) is 1. The van der Waals surface area contributed by atoms with Gasteiger partial charge in [0.25, 0.3) is 11.8 Å². The number of rotatable bonds is 6. The molecule has 0 aromatic heterocycles. The van der Waals surface area contributed by atoms with Crippen LogP contribution in [0.5, 0.6) is 5.75 Å². The minimum atomic E-state index is -0.378. The molecule has 3 aromatic carbocycles. The van der Waals surface area contributed by atoms with Crippen LogP contribution in [0.3, 0.4) is 0 Å². The molecule has 0 atom stereocenters. The average Bonchev–Trinajstić information content (AvgIpc) is 2.81. The number of carbonyl (C=O) groups is 3. The van der Waals surface area contributed by atoms with E-state index in [9.17, 15) is 14.4 Å². The first-order valence-electron chi connectivity index (χ1n) is 9.94. The second-order valence-electron chi connectivity index (χ2n) is 7.17. The van der Waals surface area contributed by atoms with Crippen LogP contribution in [0.2, 0.25) is 0 Å². The molecule has 1 aliphatic heterocycles. The lowest BCUT2D eigenvalue weighted by molar-refractivity contribution is -0.121. The lowest BCUT2D eigenvalue weighted by Crippen LogP contribution is -2.38. The van der Waals surface area contributed by atoms with Crippen LogP contribution in [0.1, 0.15) is 15.9 Å². The van der Waals surface area contributed by atoms with E-state index in [-0.39, 0.29) is 30.9 Å². The maximum atomic E-state index is 12.5. The number of fused-ring (bicyclic) bond motifs is 1. The van der Waals surface area contributed by atoms with Crippen molar-refractivity contribution in [2.75, 3.05) is 23.4 Å². The van der Waals surface area contributed by atoms with Crippen LogP contribution in [-0.4, -0.2) is 30.9 Å². The molecule has 0 fully saturated rings. The van der Waals surface area contributed by atoms with Crippen molar-refractivity contribution >= 4 is 45.0 Å². The van der Waals surface area contributed by atoms with E-state index in [1.807, 2.05) is 30.3 Å². The van der Waals surface area contributed by atoms with Gasteiger partial charge in [0, 0.05) is 15.7 Å². The van der Waals surface area contributed by atoms with Crippen molar-refractivity contribution in [3.05, 3.63) is 88.4 Å². The van der Waals surface area contributed by atoms with Crippen LogP contribution in [0.15, 0.2) is 77.3 Å². The van der Waals surface area contributed by atoms with E-state index in [2.05, 4.69) is 26.6 Å². The van der Waals surface area contributed by atoms with Crippen LogP contribution >= 0.6 is 15.9 Å². The Morgan fingerprint density at radius 1 is 1.00 bits per heavy atom. The molecule has 4 rings (SSSR count). The fourth-order valence-corrected chi connectivity index (χ4v) is 3.55. The van der Waals surface area contributed by atoms with Crippen molar-refractivity contribution in [2.45, 2.75) is 6.54 Å². The average molecular weight is 494 g/mol. The van der Waals surface area contributed by atoms with Crippen molar-refractivity contribution in [2.24, 2.45) is 0 Å². The summed E-state index contributed by atoms with van der Waals surface area (Å²) in [6.45, 7) is 0.163. The van der Waals surface area contributed by atoms with Gasteiger partial charge in [0.15, 0.2) is 6.61 Å². The highest BCUT2D eigenvalue weighted by atomic mass is 79.9. The topological polar surface area (TPSA) is 87.7 Å². The van der Waals surface area contributed by atoms with Gasteiger partial charge in [-0.05, 0) is 48.0 Å². The Labute approximate surface area is 193 Å². The fourth-order valence-electron chi connectivity index (χ4n) is 3.28. The number of halogens is 1. The Morgan fingerprint density at radius 3 is 2.50 bits per heavy atom. The molecule has 32 heavy (non-hydrogen) atoms. The normalized spacial score (nSPS) is 12.5. The van der Waals surface area contributed by atoms with Crippen LogP contribution in [0.4, 0.5) is 11.4 Å². The molecule has 0 bridgehead atoms. The maximum absolute atomic E-state index is 12.5. The Bertz CT molecular complexity index is 1150. The van der Waals surface area contributed by atoms with Gasteiger partial charge in [0.1, 0.15) is 5.75 Å². The molecule has 3 amide bonds. The predicted octanol–water partition coefficient (Wildman–Crippen LogP) is 3.74. The van der Waals surface area contributed by atoms with Crippen molar-refractivity contribution in [3.8, 4) is 5.75 Å². The number of carbonyl (C=O) groups excluding carboxylic acids is 3. The van der Waals surface area contributed by atoms with Gasteiger partial charge in [-0.25, -0.2) is 0 Å². The first-order valence-corrected chi connectivity index (χ1v) is 10.7. The van der Waals surface area contributed by atoms with E-state index in [1.165, 1.54) is 0 Å². The number of anilines is 2. The molecular weight excluding hydrogens is 474 g/mol. The van der Waals surface area contributed by atoms with Crippen LogP contribution in [-0.2, 0) is 16.1 Å². The Hall–Kier alpha value is -3.65. The number of hydrogen-bond acceptors (Lipinski definition) is 4. The SMILES string of the molecule is O=C(CNC(=O)c1ccccc1)Nc1ccc2c(c1)N(Cc1ccc(Br)cc1)C(=O)CO2. The molecule has 8 heteroatoms. The molecule has 7 nitrogen and oxygen atoms in total. The molecular formula is C24H20BrN3O4. The predicted molar refractivity (Wildman–Crippen MR) is 125 cm³/mol. The second kappa shape index (κ2) is 9.65. The third kappa shape index (κ3) is 5.15. The minimum absolute atomic E-state index is 0.0409. The Kier molecular flexibility index (Phi) is 6.51. The van der Waals surface area contributed by atoms with E-state index in [0.29, 0.717) is 29.2 Å². The molecule has 1 aliphatic rings. The van der Waals surface area contributed by atoms with Gasteiger partial charge in [-0.2, -0.15) is 0 Å². The maximum Gasteiger partial charge on any atom is 0.265 e. The molecule has 3 aromatic rings. The van der Waals surface area contributed by atoms with E-state index >= 15 is 0 Å². The highest BCUT2D eigenvalue weighted by Crippen LogP contribution is 2.35. The van der Waals surface area contributed by atoms with E-state index in [4.69, 9.17) is 4.74 Å². The van der Waals surface area contributed by atoms with E-state index in [1.54, 1.807) is 47.4 Å². The smallest absolute Gasteiger partial charge is 0.265 e. The van der Waals surface area contributed by atoms with Crippen molar-refractivity contribution in [3.63, 3.8) is 0 Å². The zero-order valence-electron chi connectivity index (χ0n) is 17.0. The molecule has 0 spiro atoms. The zero-order valence-corrected chi connectivity index (χ0v) is 18.6. The standard InChI is InChI=1S/C24H20BrN3O4/c25-18-8-6-16(7-9-18)14-28-20-12-19(10-11-21(20)32-15-23(28)30)27-22(29)13-26-24(31)17-4-2-1-3-5-17/h1-12H,13-15H2,(H,26,31)(H,27,29). The van der Waals surface area contributed by atoms with Gasteiger partial charge in [-0.1, -0.05) is 46.3 Å². The lowest BCUT2D eigenvalue weighted by atomic mass is 10.1. The summed E-state index contributed by atoms with van der Waals surface area (Å²) >= 11 is 3.41. The van der Waals surface area contributed by atoms with Gasteiger partial charge in [-0.3, -0.25) is 14.4 Å². The van der Waals surface area contributed by atoms with Crippen LogP contribution in [0, 0.1) is 0 Å². The summed E-state index contributed by atoms with van der Waals surface area (Å²) in [4.78, 5) is 38.6. The molecule has 162 valence electrons. The molecule has 0 aliphatic carbocycles. The molecule has 0 saturated carbocycles. The van der Waals surface area contributed by atoms with Crippen molar-refractivity contribution in [1.82, 2.24) is 5.32 Å². The first kappa shape index (κ1) is 21.6. The summed E-state index contributed by atoms with van der Waals surface area (Å²) in [7, 11) is 0. The summed E-state index contributed by atoms with van der Waals surface area (Å²) in [6, 6.07) is 21.5. The molecule has 1 heterocycles. The van der Waals surface area contributed by atoms with Gasteiger partial charge < -0.3 is 20.3 Å². The Balaban J connectivity index is 1.44. The Morgan fingerprint density at radius 2 is 1.75 bits per heavy atom. The zero-order chi connectivity index (χ0) is 22.5. The molecule has 0 unspecified atom stereocenters. The minimum Gasteiger partial charge on any atom is -0.482 e. The van der Waals surface area contributed by atoms with Crippen molar-refractivity contribution < 1.29 is 19.1 Å². The number of hydrogen-bond donors (Lipinski definition) is 2. The summed E-state index contributed by atoms with van der Waals surface area (Å²) in [5.41, 5.74) is 2.53. The van der Waals surface area contributed by atoms with Gasteiger partial charge in [0.2, 0.25) is 5.91 Å². The van der Waals surface area contributed by atoms with Gasteiger partial charge >= 0.3 is 0 Å². The van der Waals surface area contributed by atoms with E-state index in [0.717, 1.165) is 10.0 Å². The molecule has 2 N–H and O–H groups in total. The number of benzene rings is 3. The summed E-state index contributed by atoms with van der Waals surface area (Å²) < 4.78 is 6.50. The quantitative estimate of drug-likeness (QED) is 0.547. The summed E-state index contributed by atoms with van der Waals surface area (Å²) in [5, 5.41) is 5.34. The fraction of sp³-hybridized carbons (Fsp3) is 0.125. The third-order valence-corrected chi connectivity index (χ3v) is 5.41. The van der Waals surface area contributed by atoms with Crippen LogP contribution in [0.25, 0.3) is 0 Å². The number of nitrogens with zero attached hydrogens (tertiary/aromatic N) is 1. The number of amides is 3. The van der Waals surface area contributed by atoms with Crippen LogP contribution < -0.4 is 20.3 Å². The number of nitrogens with one attached hydrogen (secondary N) is 2. The lowest BCUT2D eigenvalue weighted by Gasteiger charge is -2.30. The third-order valence-electron chi connectivity index (χ3n) is 4.89. The molecule has 0 saturated heterocycles. The summed E-state index contributed by atoms with van der Waals surface area (Å²) in [6.07, 6.45) is 0. The van der Waals surface area contributed by atoms with Gasteiger partial charge in [-0.15, -0.1) is 0 Å². The molecule has 0 radical (unpaired) electrons. The monoisotopic (exact) mass is 493 g/mol. The van der Waals surface area contributed by atoms with Gasteiger partial charge in [0.05, 0.1) is 18.8 Å². The largest absolute Gasteiger partial charge is 0.482 e.